The maximum atomic E-state index is 11.3. The zero-order valence-corrected chi connectivity index (χ0v) is 10.4. The van der Waals surface area contributed by atoms with Crippen LogP contribution in [0.4, 0.5) is 11.4 Å². The fourth-order valence-corrected chi connectivity index (χ4v) is 2.89. The van der Waals surface area contributed by atoms with E-state index in [4.69, 9.17) is 11.5 Å². The van der Waals surface area contributed by atoms with E-state index in [0.717, 1.165) is 24.6 Å². The minimum Gasteiger partial charge on any atom is -0.396 e. The summed E-state index contributed by atoms with van der Waals surface area (Å²) in [5.41, 5.74) is 10.5. The highest BCUT2D eigenvalue weighted by atomic mass is 32.2. The number of sulfone groups is 2. The molecule has 1 aromatic rings. The third-order valence-electron chi connectivity index (χ3n) is 2.01. The molecule has 1 aromatic carbocycles. The Bertz CT molecular complexity index is 575. The lowest BCUT2D eigenvalue weighted by Crippen LogP contribution is -2.10. The summed E-state index contributed by atoms with van der Waals surface area (Å²) in [5.74, 6) is 0. The van der Waals surface area contributed by atoms with Crippen LogP contribution in [0.3, 0.4) is 0 Å². The molecule has 0 aliphatic heterocycles. The Morgan fingerprint density at radius 3 is 1.25 bits per heavy atom. The first-order chi connectivity index (χ1) is 7.05. The number of hydrogen-bond donors (Lipinski definition) is 2. The lowest BCUT2D eigenvalue weighted by molar-refractivity contribution is 0.598. The van der Waals surface area contributed by atoms with E-state index in [1.54, 1.807) is 0 Å². The third kappa shape index (κ3) is 2.27. The van der Waals surface area contributed by atoms with E-state index in [2.05, 4.69) is 0 Å². The first-order valence-electron chi connectivity index (χ1n) is 4.13. The topological polar surface area (TPSA) is 120 Å². The summed E-state index contributed by atoms with van der Waals surface area (Å²) in [7, 11) is -7.04. The highest BCUT2D eigenvalue weighted by Crippen LogP contribution is 2.30. The summed E-state index contributed by atoms with van der Waals surface area (Å²) in [5, 5.41) is 0. The van der Waals surface area contributed by atoms with Crippen molar-refractivity contribution in [3.63, 3.8) is 0 Å². The van der Waals surface area contributed by atoms with Gasteiger partial charge in [-0.3, -0.25) is 0 Å². The Labute approximate surface area is 94.1 Å². The largest absolute Gasteiger partial charge is 0.396 e. The summed E-state index contributed by atoms with van der Waals surface area (Å²) < 4.78 is 45.1. The fraction of sp³-hybridized carbons (Fsp3) is 0.250. The van der Waals surface area contributed by atoms with E-state index in [9.17, 15) is 16.8 Å². The number of hydrogen-bond acceptors (Lipinski definition) is 6. The lowest BCUT2D eigenvalue weighted by atomic mass is 10.3. The molecule has 8 heteroatoms. The van der Waals surface area contributed by atoms with Crippen molar-refractivity contribution in [3.8, 4) is 0 Å². The lowest BCUT2D eigenvalue weighted by Gasteiger charge is -2.10. The van der Waals surface area contributed by atoms with E-state index in [1.165, 1.54) is 0 Å². The summed E-state index contributed by atoms with van der Waals surface area (Å²) in [6.07, 6.45) is 1.94. The van der Waals surface area contributed by atoms with Gasteiger partial charge in [-0.15, -0.1) is 0 Å². The molecule has 1 rings (SSSR count). The first-order valence-corrected chi connectivity index (χ1v) is 7.91. The molecule has 0 saturated carbocycles. The molecule has 4 N–H and O–H groups in total. The standard InChI is InChI=1S/C8H12N2O4S2/c1-15(11,12)5-3-4-6(16(2,13)14)8(10)7(5)9/h3-4H,9-10H2,1-2H3. The molecule has 0 atom stereocenters. The van der Waals surface area contributed by atoms with E-state index < -0.39 is 19.7 Å². The molecule has 0 heterocycles. The summed E-state index contributed by atoms with van der Waals surface area (Å²) in [4.78, 5) is -0.338. The number of anilines is 2. The van der Waals surface area contributed by atoms with Crippen LogP contribution in [0.5, 0.6) is 0 Å². The highest BCUT2D eigenvalue weighted by Gasteiger charge is 2.20. The van der Waals surface area contributed by atoms with Gasteiger partial charge >= 0.3 is 0 Å². The molecule has 0 amide bonds. The van der Waals surface area contributed by atoms with Gasteiger partial charge in [0.1, 0.15) is 0 Å². The van der Waals surface area contributed by atoms with Gasteiger partial charge in [0.25, 0.3) is 0 Å². The van der Waals surface area contributed by atoms with Crippen molar-refractivity contribution >= 4 is 31.0 Å². The van der Waals surface area contributed by atoms with Gasteiger partial charge in [0, 0.05) is 12.5 Å². The van der Waals surface area contributed by atoms with Crippen LogP contribution in [0.1, 0.15) is 0 Å². The SMILES string of the molecule is CS(=O)(=O)c1ccc(S(C)(=O)=O)c(N)c1N. The molecule has 0 aliphatic rings. The molecular formula is C8H12N2O4S2. The average Bonchev–Trinajstić information content (AvgIpc) is 2.05. The van der Waals surface area contributed by atoms with Crippen LogP contribution >= 0.6 is 0 Å². The van der Waals surface area contributed by atoms with Crippen molar-refractivity contribution in [2.24, 2.45) is 0 Å². The number of rotatable bonds is 2. The smallest absolute Gasteiger partial charge is 0.177 e. The second kappa shape index (κ2) is 3.63. The van der Waals surface area contributed by atoms with Crippen LogP contribution in [0.2, 0.25) is 0 Å². The Morgan fingerprint density at radius 2 is 1.06 bits per heavy atom. The molecule has 0 aliphatic carbocycles. The number of nitrogen functional groups attached to an aromatic ring is 2. The number of nitrogens with two attached hydrogens (primary N) is 2. The molecule has 0 fully saturated rings. The van der Waals surface area contributed by atoms with Gasteiger partial charge in [-0.25, -0.2) is 16.8 Å². The summed E-state index contributed by atoms with van der Waals surface area (Å²) >= 11 is 0. The molecule has 0 bridgehead atoms. The van der Waals surface area contributed by atoms with E-state index >= 15 is 0 Å². The van der Waals surface area contributed by atoms with Crippen molar-refractivity contribution in [2.45, 2.75) is 9.79 Å². The van der Waals surface area contributed by atoms with Gasteiger partial charge < -0.3 is 11.5 Å². The van der Waals surface area contributed by atoms with E-state index in [1.807, 2.05) is 0 Å². The predicted octanol–water partition coefficient (Wildman–Crippen LogP) is -0.342. The van der Waals surface area contributed by atoms with Crippen LogP contribution in [-0.2, 0) is 19.7 Å². The average molecular weight is 264 g/mol. The van der Waals surface area contributed by atoms with Gasteiger partial charge in [-0.2, -0.15) is 0 Å². The van der Waals surface area contributed by atoms with Crippen LogP contribution in [0, 0.1) is 0 Å². The molecule has 0 radical (unpaired) electrons. The molecule has 0 spiro atoms. The summed E-state index contributed by atoms with van der Waals surface area (Å²) in [6, 6.07) is 2.27. The second-order valence-electron chi connectivity index (χ2n) is 3.43. The maximum Gasteiger partial charge on any atom is 0.177 e. The van der Waals surface area contributed by atoms with Crippen molar-refractivity contribution < 1.29 is 16.8 Å². The van der Waals surface area contributed by atoms with E-state index in [-0.39, 0.29) is 21.2 Å². The van der Waals surface area contributed by atoms with Crippen molar-refractivity contribution in [1.82, 2.24) is 0 Å². The Hall–Kier alpha value is -1.28. The quantitative estimate of drug-likeness (QED) is 0.705. The molecule has 0 aromatic heterocycles. The normalized spacial score (nSPS) is 12.6. The Balaban J connectivity index is 3.67. The Morgan fingerprint density at radius 1 is 0.812 bits per heavy atom. The van der Waals surface area contributed by atoms with Gasteiger partial charge in [0.05, 0.1) is 21.2 Å². The predicted molar refractivity (Wildman–Crippen MR) is 61.5 cm³/mol. The van der Waals surface area contributed by atoms with Crippen LogP contribution < -0.4 is 11.5 Å². The molecule has 90 valence electrons. The highest BCUT2D eigenvalue weighted by molar-refractivity contribution is 7.91. The molecule has 0 saturated heterocycles. The molecule has 0 unspecified atom stereocenters. The minimum absolute atomic E-state index is 0.169. The van der Waals surface area contributed by atoms with E-state index in [0.29, 0.717) is 0 Å². The van der Waals surface area contributed by atoms with Crippen LogP contribution in [-0.4, -0.2) is 29.3 Å². The molecular weight excluding hydrogens is 252 g/mol. The number of benzene rings is 1. The molecule has 16 heavy (non-hydrogen) atoms. The van der Waals surface area contributed by atoms with Gasteiger partial charge in [-0.1, -0.05) is 0 Å². The van der Waals surface area contributed by atoms with Gasteiger partial charge in [-0.05, 0) is 12.1 Å². The monoisotopic (exact) mass is 264 g/mol. The van der Waals surface area contributed by atoms with Crippen LogP contribution in [0.25, 0.3) is 0 Å². The maximum absolute atomic E-state index is 11.3. The zero-order valence-electron chi connectivity index (χ0n) is 8.76. The van der Waals surface area contributed by atoms with Gasteiger partial charge in [0.2, 0.25) is 0 Å². The minimum atomic E-state index is -3.52. The first kappa shape index (κ1) is 12.8. The fourth-order valence-electron chi connectivity index (χ4n) is 1.24. The van der Waals surface area contributed by atoms with Crippen molar-refractivity contribution in [2.75, 3.05) is 24.0 Å². The third-order valence-corrected chi connectivity index (χ3v) is 4.32. The van der Waals surface area contributed by atoms with Crippen LogP contribution in [0.15, 0.2) is 21.9 Å². The second-order valence-corrected chi connectivity index (χ2v) is 7.40. The summed E-state index contributed by atoms with van der Waals surface area (Å²) in [6.45, 7) is 0. The van der Waals surface area contributed by atoms with Crippen molar-refractivity contribution in [1.29, 1.82) is 0 Å². The Kier molecular flexibility index (Phi) is 2.90. The van der Waals surface area contributed by atoms with Gasteiger partial charge in [0.15, 0.2) is 19.7 Å². The zero-order chi connectivity index (χ0) is 12.7. The molecule has 6 nitrogen and oxygen atoms in total. The van der Waals surface area contributed by atoms with Crippen molar-refractivity contribution in [3.05, 3.63) is 12.1 Å².